The van der Waals surface area contributed by atoms with Crippen LogP contribution in [0.25, 0.3) is 0 Å². The van der Waals surface area contributed by atoms with Crippen molar-refractivity contribution in [1.29, 1.82) is 0 Å². The summed E-state index contributed by atoms with van der Waals surface area (Å²) in [5.74, 6) is -2.10. The molecular weight excluding hydrogens is 257 g/mol. The molecular formula is C11H10FN3O4. The fraction of sp³-hybridized carbons (Fsp3) is 0.273. The Morgan fingerprint density at radius 1 is 1.53 bits per heavy atom. The van der Waals surface area contributed by atoms with Gasteiger partial charge in [-0.25, -0.2) is 4.39 Å². The Balaban J connectivity index is 2.18. The number of hydrogen-bond acceptors (Lipinski definition) is 4. The first-order valence-electron chi connectivity index (χ1n) is 5.49. The van der Waals surface area contributed by atoms with Crippen molar-refractivity contribution in [2.24, 2.45) is 5.92 Å². The van der Waals surface area contributed by atoms with Gasteiger partial charge >= 0.3 is 0 Å². The summed E-state index contributed by atoms with van der Waals surface area (Å²) in [5, 5.41) is 15.5. The van der Waals surface area contributed by atoms with E-state index in [4.69, 9.17) is 0 Å². The van der Waals surface area contributed by atoms with Gasteiger partial charge in [-0.3, -0.25) is 19.7 Å². The van der Waals surface area contributed by atoms with Gasteiger partial charge in [0.15, 0.2) is 0 Å². The van der Waals surface area contributed by atoms with Crippen LogP contribution in [0.4, 0.5) is 15.8 Å². The molecule has 1 aromatic carbocycles. The lowest BCUT2D eigenvalue weighted by Crippen LogP contribution is -2.25. The van der Waals surface area contributed by atoms with E-state index >= 15 is 0 Å². The standard InChI is InChI=1S/C11H10FN3O4/c12-7-1-2-9(15(18)19)8(4-7)14-11(17)6-3-10(16)13-5-6/h1-2,4,6H,3,5H2,(H,13,16)(H,14,17). The second-order valence-electron chi connectivity index (χ2n) is 4.11. The Morgan fingerprint density at radius 3 is 2.84 bits per heavy atom. The van der Waals surface area contributed by atoms with Gasteiger partial charge in [-0.05, 0) is 6.07 Å². The first-order chi connectivity index (χ1) is 8.97. The highest BCUT2D eigenvalue weighted by molar-refractivity contribution is 5.98. The van der Waals surface area contributed by atoms with Crippen LogP contribution in [0.5, 0.6) is 0 Å². The number of hydrogen-bond donors (Lipinski definition) is 2. The fourth-order valence-electron chi connectivity index (χ4n) is 1.79. The first kappa shape index (κ1) is 12.9. The Kier molecular flexibility index (Phi) is 3.41. The quantitative estimate of drug-likeness (QED) is 0.625. The molecule has 1 heterocycles. The van der Waals surface area contributed by atoms with Crippen LogP contribution in [0, 0.1) is 21.8 Å². The summed E-state index contributed by atoms with van der Waals surface area (Å²) in [6.45, 7) is 0.174. The highest BCUT2D eigenvalue weighted by atomic mass is 19.1. The van der Waals surface area contributed by atoms with Crippen LogP contribution < -0.4 is 10.6 Å². The number of nitrogens with one attached hydrogen (secondary N) is 2. The lowest BCUT2D eigenvalue weighted by Gasteiger charge is -2.09. The van der Waals surface area contributed by atoms with E-state index in [1.165, 1.54) is 0 Å². The van der Waals surface area contributed by atoms with Crippen molar-refractivity contribution in [1.82, 2.24) is 5.32 Å². The van der Waals surface area contributed by atoms with Crippen molar-refractivity contribution < 1.29 is 18.9 Å². The lowest BCUT2D eigenvalue weighted by molar-refractivity contribution is -0.384. The average Bonchev–Trinajstić information content (AvgIpc) is 2.75. The van der Waals surface area contributed by atoms with Crippen molar-refractivity contribution in [3.63, 3.8) is 0 Å². The minimum atomic E-state index is -0.715. The largest absolute Gasteiger partial charge is 0.355 e. The molecule has 0 radical (unpaired) electrons. The third-order valence-electron chi connectivity index (χ3n) is 2.76. The first-order valence-corrected chi connectivity index (χ1v) is 5.49. The van der Waals surface area contributed by atoms with Gasteiger partial charge in [0.2, 0.25) is 11.8 Å². The number of carbonyl (C=O) groups excluding carboxylic acids is 2. The molecule has 1 unspecified atom stereocenters. The molecule has 1 aliphatic rings. The molecule has 0 aromatic heterocycles. The summed E-state index contributed by atoms with van der Waals surface area (Å²) in [4.78, 5) is 32.8. The molecule has 1 atom stereocenters. The second-order valence-corrected chi connectivity index (χ2v) is 4.11. The molecule has 0 aliphatic carbocycles. The molecule has 100 valence electrons. The van der Waals surface area contributed by atoms with Crippen molar-refractivity contribution in [3.05, 3.63) is 34.1 Å². The molecule has 2 amide bonds. The molecule has 2 rings (SSSR count). The van der Waals surface area contributed by atoms with Gasteiger partial charge < -0.3 is 10.6 Å². The van der Waals surface area contributed by atoms with Gasteiger partial charge in [0.1, 0.15) is 11.5 Å². The SMILES string of the molecule is O=C1CC(C(=O)Nc2cc(F)ccc2[N+](=O)[O-])CN1. The highest BCUT2D eigenvalue weighted by Crippen LogP contribution is 2.26. The number of benzene rings is 1. The summed E-state index contributed by atoms with van der Waals surface area (Å²) >= 11 is 0. The maximum atomic E-state index is 13.1. The summed E-state index contributed by atoms with van der Waals surface area (Å²) < 4.78 is 13.1. The van der Waals surface area contributed by atoms with Crippen molar-refractivity contribution in [2.45, 2.75) is 6.42 Å². The van der Waals surface area contributed by atoms with E-state index in [1.807, 2.05) is 0 Å². The predicted molar refractivity (Wildman–Crippen MR) is 62.8 cm³/mol. The van der Waals surface area contributed by atoms with E-state index in [-0.39, 0.29) is 24.6 Å². The Labute approximate surface area is 106 Å². The fourth-order valence-corrected chi connectivity index (χ4v) is 1.79. The molecule has 2 N–H and O–H groups in total. The van der Waals surface area contributed by atoms with Crippen molar-refractivity contribution in [2.75, 3.05) is 11.9 Å². The Hall–Kier alpha value is -2.51. The number of amides is 2. The Morgan fingerprint density at radius 2 is 2.26 bits per heavy atom. The maximum Gasteiger partial charge on any atom is 0.292 e. The molecule has 0 spiro atoms. The Bertz CT molecular complexity index is 561. The number of nitrogens with zero attached hydrogens (tertiary/aromatic N) is 1. The molecule has 1 aromatic rings. The van der Waals surface area contributed by atoms with Crippen LogP contribution in [-0.2, 0) is 9.59 Å². The van der Waals surface area contributed by atoms with Gasteiger partial charge in [0.05, 0.1) is 10.8 Å². The minimum absolute atomic E-state index is 0.0228. The topological polar surface area (TPSA) is 101 Å². The molecule has 0 saturated carbocycles. The van der Waals surface area contributed by atoms with E-state index < -0.39 is 28.3 Å². The number of nitro benzene ring substituents is 1. The van der Waals surface area contributed by atoms with Crippen LogP contribution >= 0.6 is 0 Å². The van der Waals surface area contributed by atoms with Gasteiger partial charge in [0.25, 0.3) is 5.69 Å². The monoisotopic (exact) mass is 267 g/mol. The molecule has 7 nitrogen and oxygen atoms in total. The van der Waals surface area contributed by atoms with Gasteiger partial charge in [-0.2, -0.15) is 0 Å². The van der Waals surface area contributed by atoms with Crippen molar-refractivity contribution in [3.8, 4) is 0 Å². The molecule has 0 bridgehead atoms. The number of rotatable bonds is 3. The zero-order valence-corrected chi connectivity index (χ0v) is 9.68. The predicted octanol–water partition coefficient (Wildman–Crippen LogP) is 0.808. The molecule has 1 fully saturated rings. The normalized spacial score (nSPS) is 17.9. The summed E-state index contributed by atoms with van der Waals surface area (Å²) in [7, 11) is 0. The zero-order chi connectivity index (χ0) is 14.0. The smallest absolute Gasteiger partial charge is 0.292 e. The average molecular weight is 267 g/mol. The third-order valence-corrected chi connectivity index (χ3v) is 2.76. The number of halogens is 1. The van der Waals surface area contributed by atoms with E-state index in [2.05, 4.69) is 10.6 Å². The van der Waals surface area contributed by atoms with E-state index in [1.54, 1.807) is 0 Å². The molecule has 19 heavy (non-hydrogen) atoms. The molecule has 8 heteroatoms. The number of anilines is 1. The van der Waals surface area contributed by atoms with Crippen LogP contribution in [0.3, 0.4) is 0 Å². The summed E-state index contributed by atoms with van der Waals surface area (Å²) in [6, 6.07) is 2.79. The minimum Gasteiger partial charge on any atom is -0.355 e. The second kappa shape index (κ2) is 5.01. The van der Waals surface area contributed by atoms with Crippen LogP contribution in [-0.4, -0.2) is 23.3 Å². The van der Waals surface area contributed by atoms with Crippen molar-refractivity contribution >= 4 is 23.2 Å². The van der Waals surface area contributed by atoms with Crippen LogP contribution in [0.1, 0.15) is 6.42 Å². The van der Waals surface area contributed by atoms with E-state index in [0.29, 0.717) is 0 Å². The summed E-state index contributed by atoms with van der Waals surface area (Å²) in [6.07, 6.45) is 0.0228. The lowest BCUT2D eigenvalue weighted by atomic mass is 10.1. The third kappa shape index (κ3) is 2.84. The molecule has 1 saturated heterocycles. The van der Waals surface area contributed by atoms with E-state index in [9.17, 15) is 24.1 Å². The van der Waals surface area contributed by atoms with Crippen LogP contribution in [0.2, 0.25) is 0 Å². The maximum absolute atomic E-state index is 13.1. The number of nitro groups is 1. The number of carbonyl (C=O) groups is 2. The highest BCUT2D eigenvalue weighted by Gasteiger charge is 2.29. The van der Waals surface area contributed by atoms with Gasteiger partial charge in [-0.15, -0.1) is 0 Å². The van der Waals surface area contributed by atoms with Crippen LogP contribution in [0.15, 0.2) is 18.2 Å². The molecule has 1 aliphatic heterocycles. The van der Waals surface area contributed by atoms with E-state index in [0.717, 1.165) is 18.2 Å². The van der Waals surface area contributed by atoms with Gasteiger partial charge in [0, 0.05) is 25.1 Å². The zero-order valence-electron chi connectivity index (χ0n) is 9.68. The summed E-state index contributed by atoms with van der Waals surface area (Å²) in [5.41, 5.74) is -0.610. The van der Waals surface area contributed by atoms with Gasteiger partial charge in [-0.1, -0.05) is 0 Å².